The third-order valence-corrected chi connectivity index (χ3v) is 3.30. The van der Waals surface area contributed by atoms with Gasteiger partial charge in [-0.2, -0.15) is 0 Å². The lowest BCUT2D eigenvalue weighted by Gasteiger charge is -2.31. The van der Waals surface area contributed by atoms with Crippen LogP contribution in [0, 0.1) is 0 Å². The second-order valence-electron chi connectivity index (χ2n) is 4.45. The van der Waals surface area contributed by atoms with Gasteiger partial charge in [-0.15, -0.1) is 0 Å². The Hall–Kier alpha value is -1.65. The summed E-state index contributed by atoms with van der Waals surface area (Å²) in [6, 6.07) is 1.85. The molecule has 1 aromatic rings. The summed E-state index contributed by atoms with van der Waals surface area (Å²) in [5.74, 6) is -0.498. The van der Waals surface area contributed by atoms with E-state index < -0.39 is 5.97 Å². The number of anilines is 1. The maximum absolute atomic E-state index is 10.8. The molecule has 0 saturated heterocycles. The molecule has 2 rings (SSSR count). The average molecular weight is 235 g/mol. The molecule has 92 valence electrons. The molecular weight excluding hydrogens is 218 g/mol. The van der Waals surface area contributed by atoms with Gasteiger partial charge in [-0.1, -0.05) is 19.3 Å². The number of nitrogens with zero attached hydrogens (tertiary/aromatic N) is 3. The Morgan fingerprint density at radius 3 is 2.76 bits per heavy atom. The van der Waals surface area contributed by atoms with Crippen LogP contribution in [0.4, 0.5) is 5.95 Å². The van der Waals surface area contributed by atoms with Crippen molar-refractivity contribution in [3.8, 4) is 0 Å². The molecule has 0 atom stereocenters. The highest BCUT2D eigenvalue weighted by atomic mass is 16.4. The Morgan fingerprint density at radius 2 is 2.12 bits per heavy atom. The van der Waals surface area contributed by atoms with Crippen molar-refractivity contribution < 1.29 is 9.90 Å². The molecule has 0 unspecified atom stereocenters. The van der Waals surface area contributed by atoms with E-state index in [-0.39, 0.29) is 5.69 Å². The van der Waals surface area contributed by atoms with Gasteiger partial charge in [-0.25, -0.2) is 14.8 Å². The number of aromatic nitrogens is 2. The monoisotopic (exact) mass is 235 g/mol. The van der Waals surface area contributed by atoms with Crippen molar-refractivity contribution in [1.82, 2.24) is 9.97 Å². The maximum Gasteiger partial charge on any atom is 0.354 e. The number of carbonyl (C=O) groups is 1. The van der Waals surface area contributed by atoms with Crippen molar-refractivity contribution in [2.45, 2.75) is 38.1 Å². The third-order valence-electron chi connectivity index (χ3n) is 3.30. The summed E-state index contributed by atoms with van der Waals surface area (Å²) in [7, 11) is 1.94. The normalized spacial score (nSPS) is 16.8. The van der Waals surface area contributed by atoms with Crippen LogP contribution < -0.4 is 4.90 Å². The zero-order valence-electron chi connectivity index (χ0n) is 9.96. The minimum Gasteiger partial charge on any atom is -0.477 e. The number of carboxylic acids is 1. The van der Waals surface area contributed by atoms with Crippen LogP contribution in [0.3, 0.4) is 0 Å². The molecule has 5 nitrogen and oxygen atoms in total. The van der Waals surface area contributed by atoms with E-state index in [1.807, 2.05) is 11.9 Å². The summed E-state index contributed by atoms with van der Waals surface area (Å²) >= 11 is 0. The van der Waals surface area contributed by atoms with Gasteiger partial charge < -0.3 is 10.0 Å². The summed E-state index contributed by atoms with van der Waals surface area (Å²) in [6.45, 7) is 0. The Balaban J connectivity index is 2.14. The molecule has 1 aromatic heterocycles. The molecule has 0 aliphatic heterocycles. The molecule has 1 fully saturated rings. The molecular formula is C12H17N3O2. The van der Waals surface area contributed by atoms with Gasteiger partial charge in [0.15, 0.2) is 5.69 Å². The van der Waals surface area contributed by atoms with Gasteiger partial charge in [0.1, 0.15) is 0 Å². The molecule has 1 aliphatic carbocycles. The molecule has 0 aromatic carbocycles. The van der Waals surface area contributed by atoms with Crippen molar-refractivity contribution in [3.63, 3.8) is 0 Å². The Morgan fingerprint density at radius 1 is 1.41 bits per heavy atom. The van der Waals surface area contributed by atoms with E-state index in [4.69, 9.17) is 5.11 Å². The minimum absolute atomic E-state index is 0.0534. The third kappa shape index (κ3) is 2.72. The van der Waals surface area contributed by atoms with E-state index in [0.29, 0.717) is 12.0 Å². The topological polar surface area (TPSA) is 66.3 Å². The maximum atomic E-state index is 10.8. The van der Waals surface area contributed by atoms with E-state index in [1.165, 1.54) is 31.5 Å². The summed E-state index contributed by atoms with van der Waals surface area (Å²) in [5.41, 5.74) is 0.0534. The molecule has 0 bridgehead atoms. The summed E-state index contributed by atoms with van der Waals surface area (Å²) < 4.78 is 0. The lowest BCUT2D eigenvalue weighted by Crippen LogP contribution is -2.34. The quantitative estimate of drug-likeness (QED) is 0.867. The number of aromatic carboxylic acids is 1. The number of hydrogen-bond donors (Lipinski definition) is 1. The standard InChI is InChI=1S/C12H17N3O2/c1-15(9-5-3-2-4-6-9)12-13-8-7-10(14-12)11(16)17/h7-9H,2-6H2,1H3,(H,16,17). The summed E-state index contributed by atoms with van der Waals surface area (Å²) in [4.78, 5) is 21.1. The van der Waals surface area contributed by atoms with Gasteiger partial charge in [-0.05, 0) is 18.9 Å². The number of carboxylic acid groups (broad SMARTS) is 1. The molecule has 0 amide bonds. The molecule has 5 heteroatoms. The molecule has 1 N–H and O–H groups in total. The van der Waals surface area contributed by atoms with Crippen LogP contribution in [0.25, 0.3) is 0 Å². The SMILES string of the molecule is CN(c1nccc(C(=O)O)n1)C1CCCCC1. The average Bonchev–Trinajstić information content (AvgIpc) is 2.39. The van der Waals surface area contributed by atoms with Crippen molar-refractivity contribution in [1.29, 1.82) is 0 Å². The first kappa shape index (κ1) is 11.8. The highest BCUT2D eigenvalue weighted by molar-refractivity contribution is 5.85. The van der Waals surface area contributed by atoms with Crippen LogP contribution in [-0.4, -0.2) is 34.1 Å². The predicted molar refractivity (Wildman–Crippen MR) is 64.3 cm³/mol. The highest BCUT2D eigenvalue weighted by Crippen LogP contribution is 2.23. The predicted octanol–water partition coefficient (Wildman–Crippen LogP) is 1.94. The first-order valence-electron chi connectivity index (χ1n) is 5.97. The smallest absolute Gasteiger partial charge is 0.354 e. The van der Waals surface area contributed by atoms with E-state index in [2.05, 4.69) is 9.97 Å². The van der Waals surface area contributed by atoms with Crippen LogP contribution in [0.1, 0.15) is 42.6 Å². The fourth-order valence-corrected chi connectivity index (χ4v) is 2.27. The number of rotatable bonds is 3. The van der Waals surface area contributed by atoms with E-state index in [0.717, 1.165) is 12.8 Å². The molecule has 1 aliphatic rings. The van der Waals surface area contributed by atoms with Crippen molar-refractivity contribution in [3.05, 3.63) is 18.0 Å². The second-order valence-corrected chi connectivity index (χ2v) is 4.45. The van der Waals surface area contributed by atoms with Gasteiger partial charge in [0.25, 0.3) is 0 Å². The van der Waals surface area contributed by atoms with E-state index in [9.17, 15) is 4.79 Å². The summed E-state index contributed by atoms with van der Waals surface area (Å²) in [5, 5.41) is 8.89. The van der Waals surface area contributed by atoms with Gasteiger partial charge in [0.2, 0.25) is 5.95 Å². The second kappa shape index (κ2) is 5.12. The first-order valence-corrected chi connectivity index (χ1v) is 5.97. The van der Waals surface area contributed by atoms with Gasteiger partial charge in [0.05, 0.1) is 0 Å². The minimum atomic E-state index is -1.01. The fourth-order valence-electron chi connectivity index (χ4n) is 2.27. The van der Waals surface area contributed by atoms with Gasteiger partial charge >= 0.3 is 5.97 Å². The van der Waals surface area contributed by atoms with Crippen molar-refractivity contribution in [2.24, 2.45) is 0 Å². The van der Waals surface area contributed by atoms with Crippen LogP contribution in [-0.2, 0) is 0 Å². The molecule has 0 spiro atoms. The fraction of sp³-hybridized carbons (Fsp3) is 0.583. The largest absolute Gasteiger partial charge is 0.477 e. The molecule has 17 heavy (non-hydrogen) atoms. The highest BCUT2D eigenvalue weighted by Gasteiger charge is 2.20. The molecule has 0 radical (unpaired) electrons. The van der Waals surface area contributed by atoms with Crippen molar-refractivity contribution >= 4 is 11.9 Å². The van der Waals surface area contributed by atoms with E-state index in [1.54, 1.807) is 0 Å². The first-order chi connectivity index (χ1) is 8.18. The Bertz CT molecular complexity index is 402. The molecule has 1 saturated carbocycles. The summed E-state index contributed by atoms with van der Waals surface area (Å²) in [6.07, 6.45) is 7.53. The molecule has 1 heterocycles. The number of hydrogen-bond acceptors (Lipinski definition) is 4. The Labute approximate surface area is 100 Å². The lowest BCUT2D eigenvalue weighted by molar-refractivity contribution is 0.0690. The van der Waals surface area contributed by atoms with Crippen LogP contribution in [0.5, 0.6) is 0 Å². The zero-order valence-corrected chi connectivity index (χ0v) is 9.96. The van der Waals surface area contributed by atoms with Crippen LogP contribution >= 0.6 is 0 Å². The van der Waals surface area contributed by atoms with Crippen LogP contribution in [0.15, 0.2) is 12.3 Å². The van der Waals surface area contributed by atoms with E-state index >= 15 is 0 Å². The van der Waals surface area contributed by atoms with Gasteiger partial charge in [-0.3, -0.25) is 0 Å². The Kier molecular flexibility index (Phi) is 3.56. The van der Waals surface area contributed by atoms with Gasteiger partial charge in [0, 0.05) is 19.3 Å². The lowest BCUT2D eigenvalue weighted by atomic mass is 9.95. The van der Waals surface area contributed by atoms with Crippen molar-refractivity contribution in [2.75, 3.05) is 11.9 Å². The zero-order chi connectivity index (χ0) is 12.3. The van der Waals surface area contributed by atoms with Crippen LogP contribution in [0.2, 0.25) is 0 Å².